The van der Waals surface area contributed by atoms with Gasteiger partial charge in [-0.1, -0.05) is 70.6 Å². The molecule has 0 spiro atoms. The Morgan fingerprint density at radius 2 is 1.88 bits per heavy atom. The summed E-state index contributed by atoms with van der Waals surface area (Å²) in [6.45, 7) is 1.97. The van der Waals surface area contributed by atoms with Crippen molar-refractivity contribution in [3.05, 3.63) is 105 Å². The van der Waals surface area contributed by atoms with E-state index in [1.54, 1.807) is 42.5 Å². The molecule has 7 nitrogen and oxygen atoms in total. The molecule has 2 atom stereocenters. The molecule has 2 aliphatic heterocycles. The molecule has 2 aliphatic rings. The number of hydrogen-bond acceptors (Lipinski definition) is 8. The van der Waals surface area contributed by atoms with Crippen molar-refractivity contribution in [3.63, 3.8) is 0 Å². The Balaban J connectivity index is 1.38. The van der Waals surface area contributed by atoms with E-state index >= 15 is 0 Å². The van der Waals surface area contributed by atoms with Gasteiger partial charge in [-0.15, -0.1) is 10.2 Å². The highest BCUT2D eigenvalue weighted by molar-refractivity contribution is 8.00. The molecular formula is C29H21Cl2N3O4S2. The zero-order valence-electron chi connectivity index (χ0n) is 21.0. The molecule has 0 saturated carbocycles. The number of halogens is 2. The van der Waals surface area contributed by atoms with Crippen LogP contribution in [0.1, 0.15) is 35.2 Å². The van der Waals surface area contributed by atoms with E-state index < -0.39 is 17.7 Å². The van der Waals surface area contributed by atoms with Gasteiger partial charge in [-0.25, -0.2) is 0 Å². The van der Waals surface area contributed by atoms with Crippen molar-refractivity contribution < 1.29 is 19.4 Å². The first kappa shape index (κ1) is 26.8. The van der Waals surface area contributed by atoms with E-state index in [1.165, 1.54) is 28.0 Å². The number of aliphatic hydroxyl groups is 1. The maximum atomic E-state index is 13.5. The molecule has 4 aromatic rings. The fourth-order valence-electron chi connectivity index (χ4n) is 4.83. The third-order valence-corrected chi connectivity index (χ3v) is 9.27. The van der Waals surface area contributed by atoms with Gasteiger partial charge in [0.15, 0.2) is 4.34 Å². The Morgan fingerprint density at radius 3 is 2.65 bits per heavy atom. The third kappa shape index (κ3) is 5.10. The maximum Gasteiger partial charge on any atom is 0.301 e. The average Bonchev–Trinajstić information content (AvgIpc) is 3.63. The second-order valence-corrected chi connectivity index (χ2v) is 12.5. The predicted molar refractivity (Wildman–Crippen MR) is 157 cm³/mol. The van der Waals surface area contributed by atoms with Crippen LogP contribution in [-0.2, 0) is 21.8 Å². The van der Waals surface area contributed by atoms with E-state index in [-0.39, 0.29) is 22.6 Å². The Labute approximate surface area is 248 Å². The number of amides is 1. The summed E-state index contributed by atoms with van der Waals surface area (Å²) < 4.78 is 6.41. The van der Waals surface area contributed by atoms with Gasteiger partial charge in [0, 0.05) is 27.8 Å². The van der Waals surface area contributed by atoms with Crippen LogP contribution in [0.25, 0.3) is 5.76 Å². The molecule has 0 bridgehead atoms. The number of nitrogens with zero attached hydrogens (tertiary/aromatic N) is 3. The number of ether oxygens (including phenoxy) is 1. The normalized spacial score (nSPS) is 19.6. The number of anilines is 1. The number of aromatic nitrogens is 2. The number of rotatable bonds is 6. The number of aliphatic hydroxyl groups excluding tert-OH is 1. The van der Waals surface area contributed by atoms with E-state index in [2.05, 4.69) is 10.2 Å². The average molecular weight is 611 g/mol. The minimum atomic E-state index is -0.941. The van der Waals surface area contributed by atoms with E-state index in [0.29, 0.717) is 37.7 Å². The topological polar surface area (TPSA) is 92.6 Å². The number of Topliss-reactive ketones (excluding diaryl/α,β-unsaturated/α-hetero) is 1. The van der Waals surface area contributed by atoms with Crippen molar-refractivity contribution in [3.8, 4) is 5.75 Å². The standard InChI is InChI=1S/C29H21Cl2N3O4S2/c1-15-11-19-12-18(7-10-22(19)38-15)25(35)23-24(17-3-2-4-21(31)13-17)34(27(37)26(23)36)28-32-33-29(40-28)39-14-16-5-8-20(30)9-6-16/h2-10,12-13,15,24,35H,11,14H2,1H3/t15-,24+/m1/s1. The van der Waals surface area contributed by atoms with Gasteiger partial charge in [-0.2, -0.15) is 0 Å². The monoisotopic (exact) mass is 609 g/mol. The number of fused-ring (bicyclic) bond motifs is 1. The summed E-state index contributed by atoms with van der Waals surface area (Å²) in [7, 11) is 0. The lowest BCUT2D eigenvalue weighted by Gasteiger charge is -2.22. The van der Waals surface area contributed by atoms with Gasteiger partial charge in [0.05, 0.1) is 11.6 Å². The number of carbonyl (C=O) groups is 2. The Kier molecular flexibility index (Phi) is 7.31. The van der Waals surface area contributed by atoms with Crippen molar-refractivity contribution in [2.24, 2.45) is 0 Å². The molecule has 1 amide bonds. The first-order valence-electron chi connectivity index (χ1n) is 12.4. The van der Waals surface area contributed by atoms with Crippen molar-refractivity contribution in [1.29, 1.82) is 0 Å². The van der Waals surface area contributed by atoms with Gasteiger partial charge in [-0.3, -0.25) is 14.5 Å². The molecule has 6 rings (SSSR count). The summed E-state index contributed by atoms with van der Waals surface area (Å²) in [4.78, 5) is 28.2. The molecule has 0 radical (unpaired) electrons. The van der Waals surface area contributed by atoms with Crippen LogP contribution < -0.4 is 9.64 Å². The van der Waals surface area contributed by atoms with Crippen LogP contribution in [0.2, 0.25) is 10.0 Å². The predicted octanol–water partition coefficient (Wildman–Crippen LogP) is 7.09. The quantitative estimate of drug-likeness (QED) is 0.0820. The van der Waals surface area contributed by atoms with Gasteiger partial charge < -0.3 is 9.84 Å². The molecule has 3 heterocycles. The molecule has 1 N–H and O–H groups in total. The lowest BCUT2D eigenvalue weighted by molar-refractivity contribution is -0.132. The summed E-state index contributed by atoms with van der Waals surface area (Å²) in [5.74, 6) is -0.500. The highest BCUT2D eigenvalue weighted by atomic mass is 35.5. The highest BCUT2D eigenvalue weighted by Crippen LogP contribution is 2.45. The maximum absolute atomic E-state index is 13.5. The van der Waals surface area contributed by atoms with Gasteiger partial charge in [0.2, 0.25) is 5.13 Å². The number of ketones is 1. The van der Waals surface area contributed by atoms with Crippen molar-refractivity contribution in [1.82, 2.24) is 10.2 Å². The molecule has 202 valence electrons. The van der Waals surface area contributed by atoms with E-state index in [0.717, 1.165) is 16.9 Å². The summed E-state index contributed by atoms with van der Waals surface area (Å²) in [5.41, 5.74) is 2.94. The van der Waals surface area contributed by atoms with Crippen molar-refractivity contribution in [2.45, 2.75) is 35.6 Å². The molecule has 3 aromatic carbocycles. The van der Waals surface area contributed by atoms with Gasteiger partial charge >= 0.3 is 5.91 Å². The largest absolute Gasteiger partial charge is 0.507 e. The minimum Gasteiger partial charge on any atom is -0.507 e. The van der Waals surface area contributed by atoms with Crippen LogP contribution in [0, 0.1) is 0 Å². The number of thioether (sulfide) groups is 1. The van der Waals surface area contributed by atoms with Crippen LogP contribution in [0.4, 0.5) is 5.13 Å². The second kappa shape index (κ2) is 10.9. The molecular weight excluding hydrogens is 589 g/mol. The SMILES string of the molecule is C[C@@H]1Cc2cc(C(O)=C3C(=O)C(=O)N(c4nnc(SCc5ccc(Cl)cc5)s4)[C@H]3c3cccc(Cl)c3)ccc2O1. The minimum absolute atomic E-state index is 0.0218. The molecule has 1 fully saturated rings. The van der Waals surface area contributed by atoms with Crippen LogP contribution in [-0.4, -0.2) is 33.1 Å². The zero-order valence-corrected chi connectivity index (χ0v) is 24.2. The third-order valence-electron chi connectivity index (χ3n) is 6.66. The Hall–Kier alpha value is -3.37. The molecule has 40 heavy (non-hydrogen) atoms. The molecule has 0 unspecified atom stereocenters. The zero-order chi connectivity index (χ0) is 28.0. The van der Waals surface area contributed by atoms with Crippen LogP contribution in [0.5, 0.6) is 5.75 Å². The summed E-state index contributed by atoms with van der Waals surface area (Å²) in [6, 6.07) is 18.7. The molecule has 11 heteroatoms. The van der Waals surface area contributed by atoms with Crippen LogP contribution >= 0.6 is 46.3 Å². The van der Waals surface area contributed by atoms with Crippen molar-refractivity contribution in [2.75, 3.05) is 4.90 Å². The summed E-state index contributed by atoms with van der Waals surface area (Å²) in [5, 5.41) is 21.3. The Bertz CT molecular complexity index is 1670. The van der Waals surface area contributed by atoms with Crippen LogP contribution in [0.3, 0.4) is 0 Å². The first-order chi connectivity index (χ1) is 19.3. The first-order valence-corrected chi connectivity index (χ1v) is 14.9. The smallest absolute Gasteiger partial charge is 0.301 e. The second-order valence-electron chi connectivity index (χ2n) is 9.44. The summed E-state index contributed by atoms with van der Waals surface area (Å²) in [6.07, 6.45) is 0.706. The van der Waals surface area contributed by atoms with E-state index in [1.807, 2.05) is 31.2 Å². The number of benzene rings is 3. The molecule has 1 saturated heterocycles. The van der Waals surface area contributed by atoms with E-state index in [4.69, 9.17) is 27.9 Å². The van der Waals surface area contributed by atoms with E-state index in [9.17, 15) is 14.7 Å². The number of hydrogen-bond donors (Lipinski definition) is 1. The van der Waals surface area contributed by atoms with Crippen LogP contribution in [0.15, 0.2) is 76.6 Å². The fourth-order valence-corrected chi connectivity index (χ4v) is 6.98. The molecule has 0 aliphatic carbocycles. The lowest BCUT2D eigenvalue weighted by atomic mass is 9.94. The molecule has 1 aromatic heterocycles. The van der Waals surface area contributed by atoms with Gasteiger partial charge in [0.25, 0.3) is 5.78 Å². The Morgan fingerprint density at radius 1 is 1.07 bits per heavy atom. The van der Waals surface area contributed by atoms with Gasteiger partial charge in [0.1, 0.15) is 17.6 Å². The lowest BCUT2D eigenvalue weighted by Crippen LogP contribution is -2.29. The van der Waals surface area contributed by atoms with Crippen molar-refractivity contribution >= 4 is 68.9 Å². The number of carbonyl (C=O) groups excluding carboxylic acids is 2. The fraction of sp³-hybridized carbons (Fsp3) is 0.172. The highest BCUT2D eigenvalue weighted by Gasteiger charge is 2.48. The summed E-state index contributed by atoms with van der Waals surface area (Å²) >= 11 is 14.9. The van der Waals surface area contributed by atoms with Gasteiger partial charge in [-0.05, 0) is 66.1 Å².